The maximum atomic E-state index is 6.44. The topological polar surface area (TPSA) is 0 Å². The molecule has 36 heavy (non-hydrogen) atoms. The second-order valence-electron chi connectivity index (χ2n) is 9.87. The van der Waals surface area contributed by atoms with E-state index in [1.165, 1.54) is 48.9 Å². The standard InChI is InChI=1S/C30H30Cl3Si3/c1-34(2)28-16-22(31)7-10-25(28)19-13-20(26-11-8-23(32)17-29(26)35(3)4)15-21(14-19)27-12-9-24(33)18-30(27)36(5)6/h7-18H,1-6H3. The van der Waals surface area contributed by atoms with Gasteiger partial charge in [-0.05, 0) is 88.0 Å². The van der Waals surface area contributed by atoms with E-state index in [0.29, 0.717) is 0 Å². The molecule has 0 amide bonds. The fourth-order valence-electron chi connectivity index (χ4n) is 4.64. The number of hydrogen-bond donors (Lipinski definition) is 0. The van der Waals surface area contributed by atoms with Crippen molar-refractivity contribution in [3.8, 4) is 33.4 Å². The third kappa shape index (κ3) is 5.93. The lowest BCUT2D eigenvalue weighted by molar-refractivity contribution is 1.58. The van der Waals surface area contributed by atoms with Gasteiger partial charge in [-0.15, -0.1) is 0 Å². The SMILES string of the molecule is C[Si](C)c1cc(Cl)ccc1-c1cc(-c2ccc(Cl)cc2[Si](C)C)cc(-c2ccc(Cl)cc2[Si](C)C)c1. The van der Waals surface area contributed by atoms with E-state index in [2.05, 4.69) is 93.9 Å². The van der Waals surface area contributed by atoms with E-state index in [1.807, 2.05) is 18.2 Å². The lowest BCUT2D eigenvalue weighted by Crippen LogP contribution is -2.26. The van der Waals surface area contributed by atoms with Crippen molar-refractivity contribution in [1.29, 1.82) is 0 Å². The molecule has 183 valence electrons. The summed E-state index contributed by atoms with van der Waals surface area (Å²) in [4.78, 5) is 0. The predicted molar refractivity (Wildman–Crippen MR) is 169 cm³/mol. The molecule has 0 unspecified atom stereocenters. The third-order valence-electron chi connectivity index (χ3n) is 6.43. The van der Waals surface area contributed by atoms with Crippen molar-refractivity contribution in [3.63, 3.8) is 0 Å². The quantitative estimate of drug-likeness (QED) is 0.200. The van der Waals surface area contributed by atoms with Gasteiger partial charge < -0.3 is 0 Å². The molecule has 4 aromatic carbocycles. The molecule has 3 radical (unpaired) electrons. The van der Waals surface area contributed by atoms with Crippen molar-refractivity contribution in [3.05, 3.63) is 87.9 Å². The van der Waals surface area contributed by atoms with E-state index in [9.17, 15) is 0 Å². The van der Waals surface area contributed by atoms with E-state index in [1.54, 1.807) is 0 Å². The van der Waals surface area contributed by atoms with Crippen LogP contribution < -0.4 is 15.6 Å². The fourth-order valence-corrected chi connectivity index (χ4v) is 9.06. The minimum Gasteiger partial charge on any atom is -0.0843 e. The van der Waals surface area contributed by atoms with Crippen LogP contribution in [0.4, 0.5) is 0 Å². The fraction of sp³-hybridized carbons (Fsp3) is 0.200. The molecule has 0 aliphatic rings. The maximum Gasteiger partial charge on any atom is 0.0800 e. The predicted octanol–water partition coefficient (Wildman–Crippen LogP) is 8.53. The molecular formula is C30H30Cl3Si3. The van der Waals surface area contributed by atoms with Gasteiger partial charge in [-0.25, -0.2) is 0 Å². The number of hydrogen-bond acceptors (Lipinski definition) is 0. The Morgan fingerprint density at radius 2 is 0.639 bits per heavy atom. The Balaban J connectivity index is 2.06. The van der Waals surface area contributed by atoms with Crippen LogP contribution in [-0.2, 0) is 0 Å². The van der Waals surface area contributed by atoms with E-state index in [-0.39, 0.29) is 0 Å². The molecule has 4 rings (SSSR count). The van der Waals surface area contributed by atoms with Crippen LogP contribution in [0.1, 0.15) is 0 Å². The zero-order chi connectivity index (χ0) is 26.1. The summed E-state index contributed by atoms with van der Waals surface area (Å²) in [6, 6.07) is 26.1. The summed E-state index contributed by atoms with van der Waals surface area (Å²) in [5.41, 5.74) is 7.48. The minimum absolute atomic E-state index is 0.727. The molecule has 0 aliphatic heterocycles. The largest absolute Gasteiger partial charge is 0.0843 e. The molecule has 0 saturated heterocycles. The molecular weight excluding hydrogens is 551 g/mol. The molecule has 0 saturated carbocycles. The van der Waals surface area contributed by atoms with E-state index in [4.69, 9.17) is 34.8 Å². The monoisotopic (exact) mass is 579 g/mol. The van der Waals surface area contributed by atoms with Gasteiger partial charge in [0, 0.05) is 15.1 Å². The first-order valence-corrected chi connectivity index (χ1v) is 20.6. The van der Waals surface area contributed by atoms with Crippen LogP contribution in [0.15, 0.2) is 72.8 Å². The highest BCUT2D eigenvalue weighted by molar-refractivity contribution is 6.73. The molecule has 0 spiro atoms. The molecule has 0 bridgehead atoms. The third-order valence-corrected chi connectivity index (χ3v) is 11.6. The number of benzene rings is 4. The van der Waals surface area contributed by atoms with Gasteiger partial charge in [0.1, 0.15) is 0 Å². The van der Waals surface area contributed by atoms with Crippen LogP contribution in [0.25, 0.3) is 33.4 Å². The Bertz CT molecular complexity index is 1230. The van der Waals surface area contributed by atoms with Gasteiger partial charge in [-0.2, -0.15) is 0 Å². The number of rotatable bonds is 6. The van der Waals surface area contributed by atoms with E-state index < -0.39 is 26.4 Å². The van der Waals surface area contributed by atoms with Gasteiger partial charge in [0.15, 0.2) is 0 Å². The summed E-state index contributed by atoms with van der Waals surface area (Å²) < 4.78 is 0. The zero-order valence-corrected chi connectivity index (χ0v) is 26.8. The van der Waals surface area contributed by atoms with Crippen molar-refractivity contribution in [2.24, 2.45) is 0 Å². The molecule has 0 N–H and O–H groups in total. The first-order valence-electron chi connectivity index (χ1n) is 12.0. The second-order valence-corrected chi connectivity index (χ2v) is 18.8. The molecule has 6 heteroatoms. The highest BCUT2D eigenvalue weighted by Crippen LogP contribution is 2.33. The van der Waals surface area contributed by atoms with E-state index >= 15 is 0 Å². The highest BCUT2D eigenvalue weighted by Gasteiger charge is 2.18. The Kier molecular flexibility index (Phi) is 8.71. The van der Waals surface area contributed by atoms with Crippen LogP contribution >= 0.6 is 34.8 Å². The summed E-state index contributed by atoms with van der Waals surface area (Å²) in [6.45, 7) is 13.9. The second kappa shape index (κ2) is 11.4. The van der Waals surface area contributed by atoms with Crippen LogP contribution in [0, 0.1) is 0 Å². The molecule has 0 fully saturated rings. The van der Waals surface area contributed by atoms with Crippen LogP contribution in [0.3, 0.4) is 0 Å². The smallest absolute Gasteiger partial charge is 0.0800 e. The summed E-state index contributed by atoms with van der Waals surface area (Å²) in [5, 5.41) is 6.46. The van der Waals surface area contributed by atoms with Crippen molar-refractivity contribution in [1.82, 2.24) is 0 Å². The van der Waals surface area contributed by atoms with Crippen LogP contribution in [-0.4, -0.2) is 26.4 Å². The molecule has 0 aliphatic carbocycles. The Morgan fingerprint density at radius 1 is 0.389 bits per heavy atom. The molecule has 0 aromatic heterocycles. The first kappa shape index (κ1) is 27.4. The Morgan fingerprint density at radius 3 is 0.861 bits per heavy atom. The van der Waals surface area contributed by atoms with Gasteiger partial charge in [0.05, 0.1) is 26.4 Å². The van der Waals surface area contributed by atoms with Gasteiger partial charge in [0.25, 0.3) is 0 Å². The average molecular weight is 581 g/mol. The Hall–Kier alpha value is -1.60. The minimum atomic E-state index is -0.727. The maximum absolute atomic E-state index is 6.44. The van der Waals surface area contributed by atoms with Crippen molar-refractivity contribution in [2.75, 3.05) is 0 Å². The molecule has 0 heterocycles. The Labute approximate surface area is 236 Å². The molecule has 0 nitrogen and oxygen atoms in total. The average Bonchev–Trinajstić information content (AvgIpc) is 2.83. The molecule has 4 aromatic rings. The summed E-state index contributed by atoms with van der Waals surface area (Å²) in [5.74, 6) is 0. The van der Waals surface area contributed by atoms with Crippen molar-refractivity contribution >= 4 is 76.8 Å². The van der Waals surface area contributed by atoms with E-state index in [0.717, 1.165) is 15.1 Å². The van der Waals surface area contributed by atoms with Gasteiger partial charge in [0.2, 0.25) is 0 Å². The van der Waals surface area contributed by atoms with Gasteiger partial charge >= 0.3 is 0 Å². The molecule has 0 atom stereocenters. The van der Waals surface area contributed by atoms with Gasteiger partial charge in [-0.1, -0.05) is 108 Å². The van der Waals surface area contributed by atoms with Crippen molar-refractivity contribution in [2.45, 2.75) is 39.3 Å². The lowest BCUT2D eigenvalue weighted by Gasteiger charge is -2.20. The van der Waals surface area contributed by atoms with Crippen LogP contribution in [0.2, 0.25) is 54.3 Å². The summed E-state index contributed by atoms with van der Waals surface area (Å²) in [7, 11) is -2.18. The van der Waals surface area contributed by atoms with Gasteiger partial charge in [-0.3, -0.25) is 0 Å². The first-order chi connectivity index (χ1) is 17.0. The lowest BCUT2D eigenvalue weighted by atomic mass is 9.93. The summed E-state index contributed by atoms with van der Waals surface area (Å²) >= 11 is 19.3. The zero-order valence-electron chi connectivity index (χ0n) is 21.6. The normalized spacial score (nSPS) is 11.7. The summed E-state index contributed by atoms with van der Waals surface area (Å²) in [6.07, 6.45) is 0. The highest BCUT2D eigenvalue weighted by atomic mass is 35.5. The number of halogens is 3. The van der Waals surface area contributed by atoms with Crippen molar-refractivity contribution < 1.29 is 0 Å². The van der Waals surface area contributed by atoms with Crippen LogP contribution in [0.5, 0.6) is 0 Å².